The average Bonchev–Trinajstić information content (AvgIpc) is 3.21. The lowest BCUT2D eigenvalue weighted by Crippen LogP contribution is -2.13. The highest BCUT2D eigenvalue weighted by Gasteiger charge is 2.17. The molecule has 0 aliphatic heterocycles. The molecule has 1 fully saturated rings. The first kappa shape index (κ1) is 13.3. The van der Waals surface area contributed by atoms with Gasteiger partial charge in [0.15, 0.2) is 0 Å². The van der Waals surface area contributed by atoms with Crippen molar-refractivity contribution in [3.8, 4) is 11.8 Å². The van der Waals surface area contributed by atoms with Crippen LogP contribution in [0.3, 0.4) is 0 Å². The quantitative estimate of drug-likeness (QED) is 0.484. The monoisotopic (exact) mass is 281 g/mol. The zero-order valence-corrected chi connectivity index (χ0v) is 11.7. The first-order valence-corrected chi connectivity index (χ1v) is 6.75. The average molecular weight is 281 g/mol. The van der Waals surface area contributed by atoms with Crippen molar-refractivity contribution < 1.29 is 4.84 Å². The molecule has 0 bridgehead atoms. The summed E-state index contributed by atoms with van der Waals surface area (Å²) in [7, 11) is 1.52. The Morgan fingerprint density at radius 1 is 1.48 bits per heavy atom. The lowest BCUT2D eigenvalue weighted by molar-refractivity contribution is 0.212. The Morgan fingerprint density at radius 3 is 3.00 bits per heavy atom. The summed E-state index contributed by atoms with van der Waals surface area (Å²) in [6.07, 6.45) is 7.31. The number of hydrogen-bond acceptors (Lipinski definition) is 5. The van der Waals surface area contributed by atoms with Crippen LogP contribution in [0.2, 0.25) is 0 Å². The van der Waals surface area contributed by atoms with E-state index in [4.69, 9.17) is 4.84 Å². The van der Waals surface area contributed by atoms with E-state index < -0.39 is 0 Å². The number of rotatable bonds is 4. The molecule has 0 amide bonds. The van der Waals surface area contributed by atoms with Gasteiger partial charge in [-0.2, -0.15) is 5.10 Å². The normalized spacial score (nSPS) is 14.4. The minimum Gasteiger partial charge on any atom is -0.399 e. The number of aromatic nitrogens is 4. The lowest BCUT2D eigenvalue weighted by Gasteiger charge is -2.05. The number of hydrogen-bond donors (Lipinski definition) is 0. The molecule has 2 aromatic heterocycles. The predicted molar refractivity (Wildman–Crippen MR) is 77.4 cm³/mol. The van der Waals surface area contributed by atoms with Gasteiger partial charge in [0.2, 0.25) is 0 Å². The smallest absolute Gasteiger partial charge is 0.137 e. The van der Waals surface area contributed by atoms with Crippen LogP contribution in [0.1, 0.15) is 24.1 Å². The molecule has 1 aliphatic rings. The van der Waals surface area contributed by atoms with E-state index in [1.54, 1.807) is 17.2 Å². The van der Waals surface area contributed by atoms with Gasteiger partial charge in [-0.1, -0.05) is 11.1 Å². The van der Waals surface area contributed by atoms with E-state index in [2.05, 4.69) is 32.1 Å². The third-order valence-electron chi connectivity index (χ3n) is 3.06. The van der Waals surface area contributed by atoms with Gasteiger partial charge in [0.1, 0.15) is 31.2 Å². The third kappa shape index (κ3) is 3.66. The Bertz CT molecular complexity index is 675. The molecule has 2 heterocycles. The maximum absolute atomic E-state index is 4.90. The van der Waals surface area contributed by atoms with E-state index in [-0.39, 0.29) is 0 Å². The van der Waals surface area contributed by atoms with Gasteiger partial charge in [-0.15, -0.1) is 0 Å². The molecule has 1 saturated carbocycles. The maximum atomic E-state index is 4.90. The van der Waals surface area contributed by atoms with Gasteiger partial charge in [-0.05, 0) is 30.9 Å². The van der Waals surface area contributed by atoms with E-state index >= 15 is 0 Å². The summed E-state index contributed by atoms with van der Waals surface area (Å²) in [5.41, 5.74) is 2.39. The predicted octanol–water partition coefficient (Wildman–Crippen LogP) is 1.49. The Hall–Kier alpha value is -2.68. The number of pyridine rings is 1. The summed E-state index contributed by atoms with van der Waals surface area (Å²) in [5.74, 6) is 6.86. The van der Waals surface area contributed by atoms with Crippen LogP contribution in [0.4, 0.5) is 0 Å². The summed E-state index contributed by atoms with van der Waals surface area (Å²) in [4.78, 5) is 13.2. The molecule has 0 unspecified atom stereocenters. The molecule has 106 valence electrons. The highest BCUT2D eigenvalue weighted by molar-refractivity contribution is 5.99. The molecule has 0 radical (unpaired) electrons. The maximum Gasteiger partial charge on any atom is 0.137 e. The van der Waals surface area contributed by atoms with Crippen LogP contribution >= 0.6 is 0 Å². The van der Waals surface area contributed by atoms with Gasteiger partial charge < -0.3 is 4.84 Å². The Morgan fingerprint density at radius 2 is 2.38 bits per heavy atom. The topological polar surface area (TPSA) is 65.2 Å². The van der Waals surface area contributed by atoms with E-state index in [9.17, 15) is 0 Å². The molecule has 0 aromatic carbocycles. The molecule has 6 nitrogen and oxygen atoms in total. The van der Waals surface area contributed by atoms with Gasteiger partial charge in [-0.25, -0.2) is 14.6 Å². The van der Waals surface area contributed by atoms with Gasteiger partial charge >= 0.3 is 0 Å². The Labute approximate surface area is 122 Å². The van der Waals surface area contributed by atoms with E-state index in [0.29, 0.717) is 12.5 Å². The zero-order chi connectivity index (χ0) is 14.5. The third-order valence-corrected chi connectivity index (χ3v) is 3.06. The molecule has 3 rings (SSSR count). The second kappa shape index (κ2) is 6.18. The largest absolute Gasteiger partial charge is 0.399 e. The molecule has 0 spiro atoms. The minimum absolute atomic E-state index is 0.475. The van der Waals surface area contributed by atoms with Crippen molar-refractivity contribution in [3.63, 3.8) is 0 Å². The summed E-state index contributed by atoms with van der Waals surface area (Å²) in [5, 5.41) is 8.10. The number of oxime groups is 1. The fraction of sp³-hybridized carbons (Fsp3) is 0.333. The molecule has 0 atom stereocenters. The first-order chi connectivity index (χ1) is 10.3. The second-order valence-electron chi connectivity index (χ2n) is 4.79. The molecule has 6 heteroatoms. The fourth-order valence-electron chi connectivity index (χ4n) is 1.79. The van der Waals surface area contributed by atoms with Gasteiger partial charge in [0.25, 0.3) is 0 Å². The van der Waals surface area contributed by atoms with Crippen LogP contribution in [0.25, 0.3) is 0 Å². The number of nitrogens with zero attached hydrogens (tertiary/aromatic N) is 5. The minimum atomic E-state index is 0.475. The first-order valence-electron chi connectivity index (χ1n) is 6.75. The SMILES string of the molecule is CO/N=C(\Cn1cncn1)c1ccc(C#CC2CC2)nc1. The van der Waals surface area contributed by atoms with Crippen LogP contribution in [-0.2, 0) is 11.4 Å². The summed E-state index contributed by atoms with van der Waals surface area (Å²) >= 11 is 0. The molecular weight excluding hydrogens is 266 g/mol. The van der Waals surface area contributed by atoms with Crippen LogP contribution in [0.5, 0.6) is 0 Å². The van der Waals surface area contributed by atoms with Crippen molar-refractivity contribution in [2.75, 3.05) is 7.11 Å². The van der Waals surface area contributed by atoms with Crippen molar-refractivity contribution >= 4 is 5.71 Å². The van der Waals surface area contributed by atoms with E-state index in [1.807, 2.05) is 12.1 Å². The van der Waals surface area contributed by atoms with Crippen molar-refractivity contribution in [2.45, 2.75) is 19.4 Å². The highest BCUT2D eigenvalue weighted by Crippen LogP contribution is 2.27. The lowest BCUT2D eigenvalue weighted by atomic mass is 10.1. The van der Waals surface area contributed by atoms with Gasteiger partial charge in [0.05, 0.1) is 6.54 Å². The molecule has 0 N–H and O–H groups in total. The van der Waals surface area contributed by atoms with Gasteiger partial charge in [-0.3, -0.25) is 0 Å². The van der Waals surface area contributed by atoms with Crippen molar-refractivity contribution in [3.05, 3.63) is 42.2 Å². The van der Waals surface area contributed by atoms with Gasteiger partial charge in [0, 0.05) is 17.7 Å². The van der Waals surface area contributed by atoms with Crippen molar-refractivity contribution in [1.29, 1.82) is 0 Å². The Kier molecular flexibility index (Phi) is 3.92. The van der Waals surface area contributed by atoms with E-state index in [1.165, 1.54) is 26.3 Å². The summed E-state index contributed by atoms with van der Waals surface area (Å²) in [6, 6.07) is 3.84. The van der Waals surface area contributed by atoms with Crippen LogP contribution in [0.15, 0.2) is 36.1 Å². The Balaban J connectivity index is 1.76. The second-order valence-corrected chi connectivity index (χ2v) is 4.79. The van der Waals surface area contributed by atoms with Crippen LogP contribution in [-0.4, -0.2) is 32.6 Å². The van der Waals surface area contributed by atoms with E-state index in [0.717, 1.165) is 17.0 Å². The molecular formula is C15H15N5O. The van der Waals surface area contributed by atoms with Crippen LogP contribution in [0, 0.1) is 17.8 Å². The van der Waals surface area contributed by atoms with Crippen molar-refractivity contribution in [2.24, 2.45) is 11.1 Å². The molecule has 21 heavy (non-hydrogen) atoms. The van der Waals surface area contributed by atoms with Crippen LogP contribution < -0.4 is 0 Å². The standard InChI is InChI=1S/C15H15N5O/c1-21-19-15(9-20-11-16-10-18-20)13-5-7-14(17-8-13)6-4-12-2-3-12/h5,7-8,10-12H,2-3,9H2,1H3/b19-15+. The summed E-state index contributed by atoms with van der Waals surface area (Å²) in [6.45, 7) is 0.475. The molecule has 1 aliphatic carbocycles. The summed E-state index contributed by atoms with van der Waals surface area (Å²) < 4.78 is 1.68. The van der Waals surface area contributed by atoms with Crippen molar-refractivity contribution in [1.82, 2.24) is 19.7 Å². The molecule has 2 aromatic rings. The molecule has 0 saturated heterocycles. The highest BCUT2D eigenvalue weighted by atomic mass is 16.6. The fourth-order valence-corrected chi connectivity index (χ4v) is 1.79. The zero-order valence-electron chi connectivity index (χ0n) is 11.7.